The van der Waals surface area contributed by atoms with Gasteiger partial charge in [-0.15, -0.1) is 0 Å². The van der Waals surface area contributed by atoms with Crippen LogP contribution in [0.1, 0.15) is 66.2 Å². The van der Waals surface area contributed by atoms with E-state index in [9.17, 15) is 9.59 Å². The fourth-order valence-corrected chi connectivity index (χ4v) is 7.34. The van der Waals surface area contributed by atoms with E-state index in [4.69, 9.17) is 4.74 Å². The number of hydrogen-bond acceptors (Lipinski definition) is 3. The highest BCUT2D eigenvalue weighted by atomic mass is 16.5. The molecule has 4 aliphatic rings. The standard InChI is InChI=1S/C24H34O3/c1-15(14-27-16(2)25)20-7-8-21-19-6-5-17-13-18(26)9-11-23(17,3)22(19)10-12-24(20,21)4/h5-6,13,15,19-22H,7-12,14H2,1-4H3/t15-,19?,20-,21?,22?,23+,24-/m1/s1. The molecule has 4 aliphatic carbocycles. The second kappa shape index (κ2) is 6.60. The molecule has 2 saturated carbocycles. The molecule has 3 unspecified atom stereocenters. The Kier molecular flexibility index (Phi) is 4.63. The van der Waals surface area contributed by atoms with Crippen molar-refractivity contribution in [3.8, 4) is 0 Å². The number of ether oxygens (including phenoxy) is 1. The molecule has 0 aromatic heterocycles. The van der Waals surface area contributed by atoms with Crippen molar-refractivity contribution in [1.29, 1.82) is 0 Å². The zero-order valence-electron chi connectivity index (χ0n) is 17.3. The van der Waals surface area contributed by atoms with Crippen LogP contribution in [0.25, 0.3) is 0 Å². The smallest absolute Gasteiger partial charge is 0.302 e. The van der Waals surface area contributed by atoms with Gasteiger partial charge in [0.1, 0.15) is 0 Å². The van der Waals surface area contributed by atoms with Crippen molar-refractivity contribution in [3.63, 3.8) is 0 Å². The quantitative estimate of drug-likeness (QED) is 0.648. The second-order valence-electron chi connectivity index (χ2n) is 10.1. The molecule has 2 fully saturated rings. The Morgan fingerprint density at radius 2 is 2.00 bits per heavy atom. The molecule has 0 spiro atoms. The fourth-order valence-electron chi connectivity index (χ4n) is 7.34. The molecule has 27 heavy (non-hydrogen) atoms. The lowest BCUT2D eigenvalue weighted by atomic mass is 9.48. The Morgan fingerprint density at radius 3 is 2.74 bits per heavy atom. The number of ketones is 1. The SMILES string of the molecule is CC(=O)OC[C@@H](C)[C@H]1CCC2C3C=CC4=CC(=O)CC[C@]4(C)C3CC[C@@]21C. The highest BCUT2D eigenvalue weighted by molar-refractivity contribution is 5.92. The Labute approximate surface area is 163 Å². The summed E-state index contributed by atoms with van der Waals surface area (Å²) in [4.78, 5) is 23.2. The van der Waals surface area contributed by atoms with Crippen LogP contribution in [-0.2, 0) is 14.3 Å². The molecule has 0 aliphatic heterocycles. The average molecular weight is 371 g/mol. The minimum atomic E-state index is -0.167. The monoisotopic (exact) mass is 370 g/mol. The van der Waals surface area contributed by atoms with Crippen LogP contribution in [0.5, 0.6) is 0 Å². The minimum Gasteiger partial charge on any atom is -0.466 e. The number of hydrogen-bond donors (Lipinski definition) is 0. The van der Waals surface area contributed by atoms with Crippen LogP contribution in [0.4, 0.5) is 0 Å². The second-order valence-corrected chi connectivity index (χ2v) is 10.1. The van der Waals surface area contributed by atoms with Gasteiger partial charge in [-0.05, 0) is 84.2 Å². The number of esters is 1. The normalized spacial score (nSPS) is 44.0. The summed E-state index contributed by atoms with van der Waals surface area (Å²) in [6.45, 7) is 9.23. The van der Waals surface area contributed by atoms with E-state index >= 15 is 0 Å². The van der Waals surface area contributed by atoms with Crippen molar-refractivity contribution < 1.29 is 14.3 Å². The molecule has 0 radical (unpaired) electrons. The van der Waals surface area contributed by atoms with Crippen LogP contribution in [0.15, 0.2) is 23.8 Å². The average Bonchev–Trinajstić information content (AvgIpc) is 2.97. The van der Waals surface area contributed by atoms with Gasteiger partial charge < -0.3 is 4.74 Å². The summed E-state index contributed by atoms with van der Waals surface area (Å²) < 4.78 is 5.35. The largest absolute Gasteiger partial charge is 0.466 e. The Hall–Kier alpha value is -1.38. The van der Waals surface area contributed by atoms with Crippen molar-refractivity contribution in [2.24, 2.45) is 40.4 Å². The molecule has 0 heterocycles. The third-order valence-corrected chi connectivity index (χ3v) is 8.83. The number of rotatable bonds is 3. The first-order chi connectivity index (χ1) is 12.8. The minimum absolute atomic E-state index is 0.167. The van der Waals surface area contributed by atoms with Crippen molar-refractivity contribution in [2.45, 2.75) is 66.2 Å². The molecule has 0 saturated heterocycles. The number of carbonyl (C=O) groups is 2. The number of allylic oxidation sites excluding steroid dienone is 4. The first kappa shape index (κ1) is 19.0. The molecule has 148 valence electrons. The Bertz CT molecular complexity index is 704. The van der Waals surface area contributed by atoms with Gasteiger partial charge >= 0.3 is 5.97 Å². The van der Waals surface area contributed by atoms with Crippen molar-refractivity contribution >= 4 is 11.8 Å². The van der Waals surface area contributed by atoms with E-state index in [2.05, 4.69) is 32.9 Å². The van der Waals surface area contributed by atoms with E-state index in [0.717, 1.165) is 6.42 Å². The third kappa shape index (κ3) is 2.93. The topological polar surface area (TPSA) is 43.4 Å². The zero-order chi connectivity index (χ0) is 19.4. The highest BCUT2D eigenvalue weighted by Crippen LogP contribution is 2.66. The molecule has 0 bridgehead atoms. The van der Waals surface area contributed by atoms with Crippen LogP contribution in [0.3, 0.4) is 0 Å². The third-order valence-electron chi connectivity index (χ3n) is 8.83. The van der Waals surface area contributed by atoms with Gasteiger partial charge in [0, 0.05) is 13.3 Å². The van der Waals surface area contributed by atoms with Gasteiger partial charge in [0.2, 0.25) is 0 Å². The molecular weight excluding hydrogens is 336 g/mol. The van der Waals surface area contributed by atoms with E-state index < -0.39 is 0 Å². The molecule has 0 aromatic carbocycles. The van der Waals surface area contributed by atoms with E-state index in [1.54, 1.807) is 0 Å². The number of fused-ring (bicyclic) bond motifs is 5. The summed E-state index contributed by atoms with van der Waals surface area (Å²) in [5.41, 5.74) is 1.80. The highest BCUT2D eigenvalue weighted by Gasteiger charge is 2.58. The van der Waals surface area contributed by atoms with Gasteiger partial charge in [0.25, 0.3) is 0 Å². The van der Waals surface area contributed by atoms with E-state index in [-0.39, 0.29) is 11.4 Å². The molecule has 3 nitrogen and oxygen atoms in total. The van der Waals surface area contributed by atoms with Crippen LogP contribution in [-0.4, -0.2) is 18.4 Å². The molecule has 4 rings (SSSR count). The van der Waals surface area contributed by atoms with E-state index in [1.807, 2.05) is 6.08 Å². The molecular formula is C24H34O3. The van der Waals surface area contributed by atoms with E-state index in [1.165, 1.54) is 38.2 Å². The van der Waals surface area contributed by atoms with Gasteiger partial charge in [-0.25, -0.2) is 0 Å². The zero-order valence-corrected chi connectivity index (χ0v) is 17.3. The maximum Gasteiger partial charge on any atom is 0.302 e. The molecule has 3 heteroatoms. The lowest BCUT2D eigenvalue weighted by molar-refractivity contribution is -0.143. The predicted molar refractivity (Wildman–Crippen MR) is 106 cm³/mol. The lowest BCUT2D eigenvalue weighted by Gasteiger charge is -2.56. The molecule has 0 amide bonds. The van der Waals surface area contributed by atoms with E-state index in [0.29, 0.717) is 53.8 Å². The molecule has 0 aromatic rings. The van der Waals surface area contributed by atoms with Crippen molar-refractivity contribution in [1.82, 2.24) is 0 Å². The molecule has 7 atom stereocenters. The Morgan fingerprint density at radius 1 is 1.22 bits per heavy atom. The predicted octanol–water partition coefficient (Wildman–Crippen LogP) is 5.11. The summed E-state index contributed by atoms with van der Waals surface area (Å²) in [5, 5.41) is 0. The number of carbonyl (C=O) groups excluding carboxylic acids is 2. The Balaban J connectivity index is 1.59. The first-order valence-corrected chi connectivity index (χ1v) is 10.8. The van der Waals surface area contributed by atoms with Gasteiger partial charge in [-0.3, -0.25) is 9.59 Å². The summed E-state index contributed by atoms with van der Waals surface area (Å²) in [6, 6.07) is 0. The van der Waals surface area contributed by atoms with Crippen molar-refractivity contribution in [2.75, 3.05) is 6.61 Å². The summed E-state index contributed by atoms with van der Waals surface area (Å²) in [6.07, 6.45) is 13.4. The summed E-state index contributed by atoms with van der Waals surface area (Å²) >= 11 is 0. The molecule has 0 N–H and O–H groups in total. The first-order valence-electron chi connectivity index (χ1n) is 10.8. The summed E-state index contributed by atoms with van der Waals surface area (Å²) in [7, 11) is 0. The van der Waals surface area contributed by atoms with Crippen LogP contribution in [0.2, 0.25) is 0 Å². The van der Waals surface area contributed by atoms with Gasteiger partial charge in [0.15, 0.2) is 5.78 Å². The van der Waals surface area contributed by atoms with Gasteiger partial charge in [0.05, 0.1) is 6.61 Å². The van der Waals surface area contributed by atoms with Crippen molar-refractivity contribution in [3.05, 3.63) is 23.8 Å². The maximum absolute atomic E-state index is 11.9. The van der Waals surface area contributed by atoms with Crippen LogP contribution < -0.4 is 0 Å². The summed E-state index contributed by atoms with van der Waals surface area (Å²) in [5.74, 6) is 3.20. The van der Waals surface area contributed by atoms with Crippen LogP contribution >= 0.6 is 0 Å². The van der Waals surface area contributed by atoms with Crippen LogP contribution in [0, 0.1) is 40.4 Å². The fraction of sp³-hybridized carbons (Fsp3) is 0.750. The van der Waals surface area contributed by atoms with Gasteiger partial charge in [-0.2, -0.15) is 0 Å². The van der Waals surface area contributed by atoms with Gasteiger partial charge in [-0.1, -0.05) is 32.9 Å². The maximum atomic E-state index is 11.9. The lowest BCUT2D eigenvalue weighted by Crippen LogP contribution is -2.49.